The Balaban J connectivity index is 1.56. The second kappa shape index (κ2) is 9.04. The second-order valence-corrected chi connectivity index (χ2v) is 7.34. The Morgan fingerprint density at radius 2 is 1.94 bits per heavy atom. The van der Waals surface area contributed by atoms with Crippen molar-refractivity contribution in [3.63, 3.8) is 0 Å². The van der Waals surface area contributed by atoms with Gasteiger partial charge in [0.25, 0.3) is 5.91 Å². The fraction of sp³-hybridized carbons (Fsp3) is 0.316. The van der Waals surface area contributed by atoms with E-state index in [1.54, 1.807) is 31.2 Å². The van der Waals surface area contributed by atoms with E-state index in [0.717, 1.165) is 0 Å². The molecule has 4 rings (SSSR count). The Morgan fingerprint density at radius 3 is 2.69 bits per heavy atom. The maximum Gasteiger partial charge on any atom is 0.324 e. The number of para-hydroxylation sites is 1. The van der Waals surface area contributed by atoms with Crippen molar-refractivity contribution in [1.82, 2.24) is 24.8 Å². The number of rotatable bonds is 5. The van der Waals surface area contributed by atoms with Crippen LogP contribution in [0.5, 0.6) is 0 Å². The predicted octanol–water partition coefficient (Wildman–Crippen LogP) is 0.879. The number of carbonyl (C=O) groups is 2. The summed E-state index contributed by atoms with van der Waals surface area (Å²) in [7, 11) is 0. The fourth-order valence-corrected chi connectivity index (χ4v) is 3.52. The monoisotopic (exact) mass is 461 g/mol. The number of ether oxygens (including phenoxy) is 1. The van der Waals surface area contributed by atoms with Gasteiger partial charge in [-0.25, -0.2) is 19.7 Å². The number of halogens is 1. The number of aliphatic hydroxyl groups excluding tert-OH is 2. The zero-order valence-corrected chi connectivity index (χ0v) is 17.5. The van der Waals surface area contributed by atoms with Crippen LogP contribution in [0.15, 0.2) is 36.9 Å². The molecule has 1 fully saturated rings. The van der Waals surface area contributed by atoms with E-state index >= 15 is 0 Å². The molecule has 5 N–H and O–H groups in total. The number of fused-ring (bicyclic) bond motifs is 1. The molecule has 1 aromatic carbocycles. The molecule has 4 atom stereocenters. The Hall–Kier alpha value is -3.32. The normalized spacial score (nSPS) is 22.6. The number of amides is 3. The molecule has 1 aliphatic rings. The minimum Gasteiger partial charge on any atom is -0.387 e. The van der Waals surface area contributed by atoms with Crippen LogP contribution in [0, 0.1) is 0 Å². The van der Waals surface area contributed by atoms with E-state index in [1.807, 2.05) is 0 Å². The number of nitrogens with zero attached hydrogens (tertiary/aromatic N) is 4. The summed E-state index contributed by atoms with van der Waals surface area (Å²) < 4.78 is 6.96. The molecule has 0 radical (unpaired) electrons. The molecule has 1 aliphatic heterocycles. The Kier molecular flexibility index (Phi) is 6.19. The van der Waals surface area contributed by atoms with Crippen molar-refractivity contribution in [1.29, 1.82) is 0 Å². The first-order chi connectivity index (χ1) is 15.4. The fourth-order valence-electron chi connectivity index (χ4n) is 3.33. The molecule has 0 bridgehead atoms. The van der Waals surface area contributed by atoms with Gasteiger partial charge in [0.1, 0.15) is 18.5 Å². The van der Waals surface area contributed by atoms with Gasteiger partial charge in [-0.15, -0.1) is 0 Å². The third-order valence-corrected chi connectivity index (χ3v) is 5.16. The summed E-state index contributed by atoms with van der Waals surface area (Å²) in [6, 6.07) is 6.13. The minimum absolute atomic E-state index is 0.103. The quantitative estimate of drug-likeness (QED) is 0.373. The lowest BCUT2D eigenvalue weighted by Gasteiger charge is -2.16. The summed E-state index contributed by atoms with van der Waals surface area (Å²) >= 11 is 6.05. The van der Waals surface area contributed by atoms with Crippen molar-refractivity contribution in [3.05, 3.63) is 41.9 Å². The standard InChI is InChI=1S/C19H20ClN7O5/c1-2-21-17(30)14-12(28)13(29)18(32-14)27-8-24-11-15(22-7-23-16(11)27)26-19(31)25-10-6-4-3-5-9(10)20/h3-8,12-14,18,28-29H,2H2,1H3,(H,21,30)(H2,22,23,25,26,31). The van der Waals surface area contributed by atoms with Gasteiger partial charge >= 0.3 is 6.03 Å². The van der Waals surface area contributed by atoms with E-state index in [2.05, 4.69) is 30.9 Å². The number of hydrogen-bond acceptors (Lipinski definition) is 8. The first kappa shape index (κ1) is 21.9. The molecule has 12 nitrogen and oxygen atoms in total. The Morgan fingerprint density at radius 1 is 1.16 bits per heavy atom. The molecule has 32 heavy (non-hydrogen) atoms. The SMILES string of the molecule is CCNC(=O)C1OC(n2cnc3c(NC(=O)Nc4ccccc4Cl)ncnc32)C(O)C1O. The van der Waals surface area contributed by atoms with E-state index in [1.165, 1.54) is 17.2 Å². The van der Waals surface area contributed by atoms with Gasteiger partial charge in [-0.3, -0.25) is 14.7 Å². The molecule has 4 unspecified atom stereocenters. The number of benzene rings is 1. The topological polar surface area (TPSA) is 164 Å². The molecule has 2 aromatic heterocycles. The van der Waals surface area contributed by atoms with Gasteiger partial charge in [0.05, 0.1) is 17.0 Å². The van der Waals surface area contributed by atoms with E-state index in [-0.39, 0.29) is 17.0 Å². The van der Waals surface area contributed by atoms with Crippen molar-refractivity contribution in [3.8, 4) is 0 Å². The van der Waals surface area contributed by atoms with Crippen LogP contribution in [0.25, 0.3) is 11.2 Å². The molecular weight excluding hydrogens is 442 g/mol. The highest BCUT2D eigenvalue weighted by atomic mass is 35.5. The van der Waals surface area contributed by atoms with Crippen molar-refractivity contribution in [2.45, 2.75) is 31.5 Å². The smallest absolute Gasteiger partial charge is 0.324 e. The summed E-state index contributed by atoms with van der Waals surface area (Å²) in [4.78, 5) is 36.9. The van der Waals surface area contributed by atoms with Crippen molar-refractivity contribution in [2.75, 3.05) is 17.2 Å². The number of aliphatic hydroxyl groups is 2. The summed E-state index contributed by atoms with van der Waals surface area (Å²) in [5, 5.41) is 28.8. The lowest BCUT2D eigenvalue weighted by Crippen LogP contribution is -2.42. The van der Waals surface area contributed by atoms with Crippen LogP contribution in [0.4, 0.5) is 16.3 Å². The lowest BCUT2D eigenvalue weighted by atomic mass is 10.1. The average molecular weight is 462 g/mol. The van der Waals surface area contributed by atoms with Crippen molar-refractivity contribution >= 4 is 46.2 Å². The lowest BCUT2D eigenvalue weighted by molar-refractivity contribution is -0.137. The van der Waals surface area contributed by atoms with Gasteiger partial charge in [0.2, 0.25) is 0 Å². The molecule has 3 heterocycles. The molecule has 1 saturated heterocycles. The number of urea groups is 1. The van der Waals surface area contributed by atoms with Gasteiger partial charge in [-0.2, -0.15) is 0 Å². The minimum atomic E-state index is -1.44. The van der Waals surface area contributed by atoms with Gasteiger partial charge in [-0.1, -0.05) is 23.7 Å². The number of aromatic nitrogens is 4. The van der Waals surface area contributed by atoms with E-state index in [0.29, 0.717) is 17.3 Å². The van der Waals surface area contributed by atoms with Gasteiger partial charge in [0, 0.05) is 6.54 Å². The maximum atomic E-state index is 12.4. The zero-order chi connectivity index (χ0) is 22.8. The van der Waals surface area contributed by atoms with Crippen LogP contribution in [-0.4, -0.2) is 66.5 Å². The van der Waals surface area contributed by atoms with E-state index in [9.17, 15) is 19.8 Å². The van der Waals surface area contributed by atoms with Crippen LogP contribution in [0.3, 0.4) is 0 Å². The highest BCUT2D eigenvalue weighted by molar-refractivity contribution is 6.33. The van der Waals surface area contributed by atoms with Crippen LogP contribution < -0.4 is 16.0 Å². The highest BCUT2D eigenvalue weighted by Crippen LogP contribution is 2.32. The predicted molar refractivity (Wildman–Crippen MR) is 114 cm³/mol. The Labute approximate surface area is 186 Å². The van der Waals surface area contributed by atoms with Crippen LogP contribution in [0.1, 0.15) is 13.2 Å². The largest absolute Gasteiger partial charge is 0.387 e. The number of likely N-dealkylation sites (N-methyl/N-ethyl adjacent to an activating group) is 1. The summed E-state index contributed by atoms with van der Waals surface area (Å²) in [5.41, 5.74) is 0.852. The molecule has 0 saturated carbocycles. The maximum absolute atomic E-state index is 12.4. The first-order valence-electron chi connectivity index (χ1n) is 9.70. The second-order valence-electron chi connectivity index (χ2n) is 6.93. The van der Waals surface area contributed by atoms with Crippen LogP contribution >= 0.6 is 11.6 Å². The number of carbonyl (C=O) groups excluding carboxylic acids is 2. The van der Waals surface area contributed by atoms with E-state index in [4.69, 9.17) is 16.3 Å². The molecule has 13 heteroatoms. The molecule has 168 valence electrons. The highest BCUT2D eigenvalue weighted by Gasteiger charge is 2.47. The molecule has 0 aliphatic carbocycles. The summed E-state index contributed by atoms with van der Waals surface area (Å²) in [5.74, 6) is -0.439. The van der Waals surface area contributed by atoms with Crippen LogP contribution in [0.2, 0.25) is 5.02 Å². The number of nitrogens with one attached hydrogen (secondary N) is 3. The first-order valence-corrected chi connectivity index (χ1v) is 10.1. The third-order valence-electron chi connectivity index (χ3n) is 4.83. The number of anilines is 2. The Bertz CT molecular complexity index is 1160. The van der Waals surface area contributed by atoms with Crippen molar-refractivity contribution in [2.24, 2.45) is 0 Å². The summed E-state index contributed by atoms with van der Waals surface area (Å²) in [6.45, 7) is 2.07. The molecule has 0 spiro atoms. The van der Waals surface area contributed by atoms with E-state index < -0.39 is 36.5 Å². The van der Waals surface area contributed by atoms with Crippen LogP contribution in [-0.2, 0) is 9.53 Å². The zero-order valence-electron chi connectivity index (χ0n) is 16.8. The molecular formula is C19H20ClN7O5. The molecule has 3 aromatic rings. The summed E-state index contributed by atoms with van der Waals surface area (Å²) in [6.07, 6.45) is -2.71. The van der Waals surface area contributed by atoms with Gasteiger partial charge in [-0.05, 0) is 19.1 Å². The van der Waals surface area contributed by atoms with Gasteiger partial charge in [0.15, 0.2) is 29.3 Å². The van der Waals surface area contributed by atoms with Gasteiger partial charge < -0.3 is 25.6 Å². The number of hydrogen-bond donors (Lipinski definition) is 5. The third kappa shape index (κ3) is 4.08. The average Bonchev–Trinajstić information content (AvgIpc) is 3.32. The molecule has 3 amide bonds. The van der Waals surface area contributed by atoms with Crippen molar-refractivity contribution < 1.29 is 24.5 Å². The number of imidazole rings is 1.